The van der Waals surface area contributed by atoms with Gasteiger partial charge in [-0.2, -0.15) is 0 Å². The van der Waals surface area contributed by atoms with Crippen LogP contribution in [0.3, 0.4) is 0 Å². The molecule has 0 amide bonds. The number of anilines is 2. The molecule has 4 rings (SSSR count). The quantitative estimate of drug-likeness (QED) is 0.547. The highest BCUT2D eigenvalue weighted by atomic mass is 19.1. The van der Waals surface area contributed by atoms with Gasteiger partial charge in [-0.3, -0.25) is 0 Å². The first-order valence-corrected chi connectivity index (χ1v) is 10.5. The van der Waals surface area contributed by atoms with Crippen molar-refractivity contribution >= 4 is 11.6 Å². The van der Waals surface area contributed by atoms with Gasteiger partial charge in [-0.25, -0.2) is 14.4 Å². The fourth-order valence-electron chi connectivity index (χ4n) is 3.94. The van der Waals surface area contributed by atoms with E-state index in [0.29, 0.717) is 25.3 Å². The lowest BCUT2D eigenvalue weighted by atomic mass is 9.87. The third kappa shape index (κ3) is 5.09. The fourth-order valence-corrected chi connectivity index (χ4v) is 3.94. The molecule has 1 aromatic heterocycles. The van der Waals surface area contributed by atoms with Crippen LogP contribution in [0.15, 0.2) is 73.7 Å². The van der Waals surface area contributed by atoms with Gasteiger partial charge >= 0.3 is 0 Å². The molecule has 5 nitrogen and oxygen atoms in total. The molecule has 160 valence electrons. The first-order chi connectivity index (χ1) is 15.1. The number of aryl methyl sites for hydroxylation is 1. The molecule has 1 heterocycles. The van der Waals surface area contributed by atoms with Gasteiger partial charge < -0.3 is 15.4 Å². The summed E-state index contributed by atoms with van der Waals surface area (Å²) < 4.78 is 19.6. The van der Waals surface area contributed by atoms with Gasteiger partial charge in [-0.05, 0) is 55.1 Å². The van der Waals surface area contributed by atoms with Gasteiger partial charge in [0.15, 0.2) is 0 Å². The molecule has 1 saturated carbocycles. The predicted octanol–water partition coefficient (Wildman–Crippen LogP) is 4.68. The first-order valence-electron chi connectivity index (χ1n) is 10.5. The van der Waals surface area contributed by atoms with Gasteiger partial charge in [0.1, 0.15) is 23.8 Å². The number of rotatable bonds is 9. The Morgan fingerprint density at radius 1 is 1.06 bits per heavy atom. The largest absolute Gasteiger partial charge is 0.383 e. The molecule has 0 spiro atoms. The number of ether oxygens (including phenoxy) is 1. The van der Waals surface area contributed by atoms with Crippen molar-refractivity contribution < 1.29 is 9.13 Å². The van der Waals surface area contributed by atoms with Crippen LogP contribution in [0, 0.1) is 5.82 Å². The lowest BCUT2D eigenvalue weighted by Gasteiger charge is -2.42. The van der Waals surface area contributed by atoms with E-state index in [9.17, 15) is 4.39 Å². The molecule has 0 saturated heterocycles. The van der Waals surface area contributed by atoms with Gasteiger partial charge in [0.2, 0.25) is 0 Å². The third-order valence-corrected chi connectivity index (χ3v) is 5.74. The Morgan fingerprint density at radius 3 is 2.58 bits per heavy atom. The minimum Gasteiger partial charge on any atom is -0.383 e. The summed E-state index contributed by atoms with van der Waals surface area (Å²) in [5.41, 5.74) is 9.15. The average molecular weight is 419 g/mol. The number of hydrogen-bond acceptors (Lipinski definition) is 5. The summed E-state index contributed by atoms with van der Waals surface area (Å²) in [5, 5.41) is 0. The van der Waals surface area contributed by atoms with Crippen LogP contribution >= 0.6 is 0 Å². The Bertz CT molecular complexity index is 1020. The standard InChI is InChI=1S/C25H27FN4O/c1-2-30(21-14-22(15-21)31-16-19-7-4-3-5-8-19)25-23(24(27)28-17-29-25)12-11-18-9-6-10-20(26)13-18/h2-10,13,17,21-22H,1,11-12,14-16H2,(H2,27,28,29). The first kappa shape index (κ1) is 21.0. The topological polar surface area (TPSA) is 64.3 Å². The maximum atomic E-state index is 13.5. The average Bonchev–Trinajstić information content (AvgIpc) is 2.75. The van der Waals surface area contributed by atoms with Gasteiger partial charge in [-0.15, -0.1) is 0 Å². The van der Waals surface area contributed by atoms with Crippen molar-refractivity contribution in [1.82, 2.24) is 9.97 Å². The Hall–Kier alpha value is -3.25. The van der Waals surface area contributed by atoms with E-state index in [1.54, 1.807) is 18.3 Å². The summed E-state index contributed by atoms with van der Waals surface area (Å²) in [4.78, 5) is 10.8. The van der Waals surface area contributed by atoms with Crippen molar-refractivity contribution in [2.24, 2.45) is 0 Å². The number of hydrogen-bond donors (Lipinski definition) is 1. The summed E-state index contributed by atoms with van der Waals surface area (Å²) in [6, 6.07) is 17.1. The zero-order valence-electron chi connectivity index (χ0n) is 17.5. The van der Waals surface area contributed by atoms with E-state index in [4.69, 9.17) is 10.5 Å². The van der Waals surface area contributed by atoms with Crippen LogP contribution < -0.4 is 10.6 Å². The van der Waals surface area contributed by atoms with Crippen LogP contribution in [0.4, 0.5) is 16.0 Å². The molecule has 0 radical (unpaired) electrons. The molecule has 1 aliphatic rings. The second kappa shape index (κ2) is 9.71. The SMILES string of the molecule is C=CN(c1ncnc(N)c1CCc1cccc(F)c1)C1CC(OCc2ccccc2)C1. The molecule has 3 aromatic rings. The van der Waals surface area contributed by atoms with E-state index in [0.717, 1.165) is 29.8 Å². The monoisotopic (exact) mass is 418 g/mol. The van der Waals surface area contributed by atoms with E-state index in [1.165, 1.54) is 18.0 Å². The van der Waals surface area contributed by atoms with E-state index < -0.39 is 0 Å². The van der Waals surface area contributed by atoms with Gasteiger partial charge in [-0.1, -0.05) is 49.0 Å². The van der Waals surface area contributed by atoms with Crippen LogP contribution in [-0.4, -0.2) is 22.1 Å². The van der Waals surface area contributed by atoms with Crippen LogP contribution in [0.5, 0.6) is 0 Å². The highest BCUT2D eigenvalue weighted by Crippen LogP contribution is 2.34. The number of nitrogen functional groups attached to an aromatic ring is 1. The predicted molar refractivity (Wildman–Crippen MR) is 121 cm³/mol. The lowest BCUT2D eigenvalue weighted by molar-refractivity contribution is -0.0191. The van der Waals surface area contributed by atoms with Gasteiger partial charge in [0, 0.05) is 11.6 Å². The highest BCUT2D eigenvalue weighted by Gasteiger charge is 2.35. The minimum absolute atomic E-state index is 0.211. The molecule has 2 aromatic carbocycles. The molecule has 1 fully saturated rings. The lowest BCUT2D eigenvalue weighted by Crippen LogP contribution is -2.46. The summed E-state index contributed by atoms with van der Waals surface area (Å²) in [5.74, 6) is 0.980. The second-order valence-corrected chi connectivity index (χ2v) is 7.82. The van der Waals surface area contributed by atoms with E-state index in [2.05, 4.69) is 33.6 Å². The molecular formula is C25H27FN4O. The van der Waals surface area contributed by atoms with Crippen molar-refractivity contribution in [1.29, 1.82) is 0 Å². The Kier molecular flexibility index (Phi) is 6.57. The van der Waals surface area contributed by atoms with Crippen molar-refractivity contribution in [2.75, 3.05) is 10.6 Å². The third-order valence-electron chi connectivity index (χ3n) is 5.74. The van der Waals surface area contributed by atoms with Crippen LogP contribution in [-0.2, 0) is 24.2 Å². The smallest absolute Gasteiger partial charge is 0.141 e. The summed E-state index contributed by atoms with van der Waals surface area (Å²) in [6.45, 7) is 4.61. The Morgan fingerprint density at radius 2 is 1.84 bits per heavy atom. The molecular weight excluding hydrogens is 391 g/mol. The summed E-state index contributed by atoms with van der Waals surface area (Å²) in [6.07, 6.45) is 6.55. The van der Waals surface area contributed by atoms with Gasteiger partial charge in [0.05, 0.1) is 12.7 Å². The molecule has 2 N–H and O–H groups in total. The van der Waals surface area contributed by atoms with Crippen molar-refractivity contribution in [3.8, 4) is 0 Å². The van der Waals surface area contributed by atoms with Crippen molar-refractivity contribution in [2.45, 2.75) is 44.4 Å². The van der Waals surface area contributed by atoms with E-state index in [1.807, 2.05) is 24.3 Å². The maximum Gasteiger partial charge on any atom is 0.141 e. The van der Waals surface area contributed by atoms with Crippen molar-refractivity contribution in [3.05, 3.63) is 96.2 Å². The molecule has 0 bridgehead atoms. The van der Waals surface area contributed by atoms with E-state index >= 15 is 0 Å². The Labute approximate surface area is 182 Å². The van der Waals surface area contributed by atoms with Crippen LogP contribution in [0.1, 0.15) is 29.5 Å². The number of benzene rings is 2. The number of nitrogens with two attached hydrogens (primary N) is 1. The number of nitrogens with zero attached hydrogens (tertiary/aromatic N) is 3. The van der Waals surface area contributed by atoms with E-state index in [-0.39, 0.29) is 18.0 Å². The molecule has 0 aliphatic heterocycles. The molecule has 6 heteroatoms. The number of halogens is 1. The molecule has 31 heavy (non-hydrogen) atoms. The fraction of sp³-hybridized carbons (Fsp3) is 0.280. The zero-order valence-corrected chi connectivity index (χ0v) is 17.5. The highest BCUT2D eigenvalue weighted by molar-refractivity contribution is 5.59. The molecule has 0 unspecified atom stereocenters. The Balaban J connectivity index is 1.40. The van der Waals surface area contributed by atoms with Crippen LogP contribution in [0.25, 0.3) is 0 Å². The van der Waals surface area contributed by atoms with Crippen LogP contribution in [0.2, 0.25) is 0 Å². The number of aromatic nitrogens is 2. The summed E-state index contributed by atoms with van der Waals surface area (Å²) >= 11 is 0. The zero-order chi connectivity index (χ0) is 21.6. The minimum atomic E-state index is -0.237. The molecule has 0 atom stereocenters. The maximum absolute atomic E-state index is 13.5. The van der Waals surface area contributed by atoms with Gasteiger partial charge in [0.25, 0.3) is 0 Å². The van der Waals surface area contributed by atoms with Crippen molar-refractivity contribution in [3.63, 3.8) is 0 Å². The second-order valence-electron chi connectivity index (χ2n) is 7.82. The molecule has 1 aliphatic carbocycles. The normalized spacial score (nSPS) is 17.7. The summed E-state index contributed by atoms with van der Waals surface area (Å²) in [7, 11) is 0.